The summed E-state index contributed by atoms with van der Waals surface area (Å²) in [6.07, 6.45) is 1.65. The van der Waals surface area contributed by atoms with E-state index in [1.807, 2.05) is 0 Å². The van der Waals surface area contributed by atoms with Crippen molar-refractivity contribution >= 4 is 17.5 Å². The SMILES string of the molecule is CC(=O)c1cccc(NC(=O)NCc2ccnc(C)n2)c1. The Morgan fingerprint density at radius 3 is 2.76 bits per heavy atom. The van der Waals surface area contributed by atoms with Crippen LogP contribution in [0.1, 0.15) is 28.8 Å². The molecule has 2 rings (SSSR count). The third-order valence-electron chi connectivity index (χ3n) is 2.79. The average Bonchev–Trinajstić information content (AvgIpc) is 2.45. The molecule has 108 valence electrons. The van der Waals surface area contributed by atoms with Gasteiger partial charge in [-0.3, -0.25) is 4.79 Å². The number of ketones is 1. The van der Waals surface area contributed by atoms with Crippen LogP contribution in [0.15, 0.2) is 36.5 Å². The Kier molecular flexibility index (Phi) is 4.61. The molecule has 1 aromatic carbocycles. The molecule has 0 aliphatic heterocycles. The summed E-state index contributed by atoms with van der Waals surface area (Å²) in [7, 11) is 0. The summed E-state index contributed by atoms with van der Waals surface area (Å²) >= 11 is 0. The summed E-state index contributed by atoms with van der Waals surface area (Å²) in [5.41, 5.74) is 1.86. The minimum absolute atomic E-state index is 0.0458. The van der Waals surface area contributed by atoms with Gasteiger partial charge in [-0.2, -0.15) is 0 Å². The van der Waals surface area contributed by atoms with Crippen molar-refractivity contribution in [2.45, 2.75) is 20.4 Å². The van der Waals surface area contributed by atoms with E-state index in [2.05, 4.69) is 20.6 Å². The van der Waals surface area contributed by atoms with E-state index in [1.54, 1.807) is 43.5 Å². The molecule has 0 unspecified atom stereocenters. The van der Waals surface area contributed by atoms with Crippen molar-refractivity contribution in [1.82, 2.24) is 15.3 Å². The van der Waals surface area contributed by atoms with Crippen molar-refractivity contribution in [2.24, 2.45) is 0 Å². The summed E-state index contributed by atoms with van der Waals surface area (Å²) in [4.78, 5) is 31.3. The Labute approximate surface area is 122 Å². The highest BCUT2D eigenvalue weighted by Crippen LogP contribution is 2.11. The molecule has 2 N–H and O–H groups in total. The van der Waals surface area contributed by atoms with Gasteiger partial charge in [0.1, 0.15) is 5.82 Å². The van der Waals surface area contributed by atoms with Gasteiger partial charge in [-0.25, -0.2) is 14.8 Å². The lowest BCUT2D eigenvalue weighted by molar-refractivity contribution is 0.101. The molecule has 0 bridgehead atoms. The maximum atomic E-state index is 11.8. The maximum Gasteiger partial charge on any atom is 0.319 e. The summed E-state index contributed by atoms with van der Waals surface area (Å²) in [6.45, 7) is 3.58. The fraction of sp³-hybridized carbons (Fsp3) is 0.200. The smallest absolute Gasteiger partial charge is 0.319 e. The molecule has 0 aliphatic carbocycles. The number of nitrogens with zero attached hydrogens (tertiary/aromatic N) is 2. The normalized spacial score (nSPS) is 10.0. The van der Waals surface area contributed by atoms with Crippen LogP contribution >= 0.6 is 0 Å². The molecule has 6 nitrogen and oxygen atoms in total. The second-order valence-corrected chi connectivity index (χ2v) is 4.54. The number of hydrogen-bond donors (Lipinski definition) is 2. The van der Waals surface area contributed by atoms with Crippen molar-refractivity contribution < 1.29 is 9.59 Å². The number of benzene rings is 1. The lowest BCUT2D eigenvalue weighted by atomic mass is 10.1. The molecular formula is C15H16N4O2. The van der Waals surface area contributed by atoms with Crippen LogP contribution in [-0.4, -0.2) is 21.8 Å². The number of anilines is 1. The predicted molar refractivity (Wildman–Crippen MR) is 79.1 cm³/mol. The zero-order valence-corrected chi connectivity index (χ0v) is 11.9. The van der Waals surface area contributed by atoms with Crippen molar-refractivity contribution in [1.29, 1.82) is 0 Å². The van der Waals surface area contributed by atoms with Crippen molar-refractivity contribution in [3.63, 3.8) is 0 Å². The Morgan fingerprint density at radius 2 is 2.05 bits per heavy atom. The van der Waals surface area contributed by atoms with Gasteiger partial charge in [-0.1, -0.05) is 12.1 Å². The molecule has 0 atom stereocenters. The maximum absolute atomic E-state index is 11.8. The molecule has 21 heavy (non-hydrogen) atoms. The van der Waals surface area contributed by atoms with Gasteiger partial charge >= 0.3 is 6.03 Å². The van der Waals surface area contributed by atoms with Crippen molar-refractivity contribution in [3.8, 4) is 0 Å². The molecule has 2 aromatic rings. The highest BCUT2D eigenvalue weighted by molar-refractivity contribution is 5.96. The third kappa shape index (κ3) is 4.38. The summed E-state index contributed by atoms with van der Waals surface area (Å²) < 4.78 is 0. The zero-order valence-electron chi connectivity index (χ0n) is 11.9. The lowest BCUT2D eigenvalue weighted by Crippen LogP contribution is -2.28. The Morgan fingerprint density at radius 1 is 1.24 bits per heavy atom. The van der Waals surface area contributed by atoms with E-state index in [0.717, 1.165) is 5.69 Å². The minimum Gasteiger partial charge on any atom is -0.332 e. The number of urea groups is 1. The molecule has 1 heterocycles. The Balaban J connectivity index is 1.93. The van der Waals surface area contributed by atoms with E-state index in [1.165, 1.54) is 6.92 Å². The topological polar surface area (TPSA) is 84.0 Å². The standard InChI is InChI=1S/C15H16N4O2/c1-10(20)12-4-3-5-13(8-12)19-15(21)17-9-14-6-7-16-11(2)18-14/h3-8H,9H2,1-2H3,(H2,17,19,21). The van der Waals surface area contributed by atoms with E-state index in [-0.39, 0.29) is 11.8 Å². The number of Topliss-reactive ketones (excluding diaryl/α,β-unsaturated/α-hetero) is 1. The lowest BCUT2D eigenvalue weighted by Gasteiger charge is -2.08. The second kappa shape index (κ2) is 6.60. The fourth-order valence-corrected chi connectivity index (χ4v) is 1.77. The van der Waals surface area contributed by atoms with Crippen LogP contribution in [0.5, 0.6) is 0 Å². The van der Waals surface area contributed by atoms with Crippen LogP contribution < -0.4 is 10.6 Å². The van der Waals surface area contributed by atoms with E-state index < -0.39 is 0 Å². The monoisotopic (exact) mass is 284 g/mol. The molecule has 6 heteroatoms. The first-order valence-corrected chi connectivity index (χ1v) is 6.49. The van der Waals surface area contributed by atoms with Crippen LogP contribution in [0.4, 0.5) is 10.5 Å². The molecular weight excluding hydrogens is 268 g/mol. The zero-order chi connectivity index (χ0) is 15.2. The molecule has 0 saturated carbocycles. The van der Waals surface area contributed by atoms with Gasteiger partial charge in [0.2, 0.25) is 0 Å². The van der Waals surface area contributed by atoms with Crippen LogP contribution in [-0.2, 0) is 6.54 Å². The van der Waals surface area contributed by atoms with Crippen LogP contribution in [0, 0.1) is 6.92 Å². The molecule has 0 radical (unpaired) electrons. The number of hydrogen-bond acceptors (Lipinski definition) is 4. The Bertz CT molecular complexity index is 670. The van der Waals surface area contributed by atoms with E-state index in [0.29, 0.717) is 23.6 Å². The number of nitrogens with one attached hydrogen (secondary N) is 2. The largest absolute Gasteiger partial charge is 0.332 e. The quantitative estimate of drug-likeness (QED) is 0.844. The van der Waals surface area contributed by atoms with E-state index in [4.69, 9.17) is 0 Å². The number of carbonyl (C=O) groups excluding carboxylic acids is 2. The summed E-state index contributed by atoms with van der Waals surface area (Å²) in [5, 5.41) is 5.37. The van der Waals surface area contributed by atoms with Crippen LogP contribution in [0.3, 0.4) is 0 Å². The molecule has 0 fully saturated rings. The first-order valence-electron chi connectivity index (χ1n) is 6.49. The van der Waals surface area contributed by atoms with E-state index in [9.17, 15) is 9.59 Å². The highest BCUT2D eigenvalue weighted by Gasteiger charge is 2.05. The van der Waals surface area contributed by atoms with Gasteiger partial charge < -0.3 is 10.6 Å². The van der Waals surface area contributed by atoms with Gasteiger partial charge in [0, 0.05) is 17.4 Å². The van der Waals surface area contributed by atoms with Gasteiger partial charge in [0.25, 0.3) is 0 Å². The number of aromatic nitrogens is 2. The predicted octanol–water partition coefficient (Wildman–Crippen LogP) is 2.31. The van der Waals surface area contributed by atoms with Gasteiger partial charge in [-0.05, 0) is 32.0 Å². The first kappa shape index (κ1) is 14.6. The molecule has 0 aliphatic rings. The molecule has 1 aromatic heterocycles. The van der Waals surface area contributed by atoms with Crippen LogP contribution in [0.25, 0.3) is 0 Å². The molecule has 0 saturated heterocycles. The van der Waals surface area contributed by atoms with Gasteiger partial charge in [0.15, 0.2) is 5.78 Å². The minimum atomic E-state index is -0.355. The molecule has 0 spiro atoms. The highest BCUT2D eigenvalue weighted by atomic mass is 16.2. The number of carbonyl (C=O) groups is 2. The third-order valence-corrected chi connectivity index (χ3v) is 2.79. The number of amides is 2. The number of aryl methyl sites for hydroxylation is 1. The number of rotatable bonds is 4. The summed E-state index contributed by atoms with van der Waals surface area (Å²) in [5.74, 6) is 0.611. The average molecular weight is 284 g/mol. The van der Waals surface area contributed by atoms with Crippen molar-refractivity contribution in [3.05, 3.63) is 53.6 Å². The van der Waals surface area contributed by atoms with E-state index >= 15 is 0 Å². The van der Waals surface area contributed by atoms with Gasteiger partial charge in [0.05, 0.1) is 12.2 Å². The molecule has 2 amide bonds. The second-order valence-electron chi connectivity index (χ2n) is 4.54. The fourth-order valence-electron chi connectivity index (χ4n) is 1.77. The van der Waals surface area contributed by atoms with Gasteiger partial charge in [-0.15, -0.1) is 0 Å². The Hall–Kier alpha value is -2.76. The first-order chi connectivity index (χ1) is 10.0. The summed E-state index contributed by atoms with van der Waals surface area (Å²) in [6, 6.07) is 8.17. The van der Waals surface area contributed by atoms with Crippen molar-refractivity contribution in [2.75, 3.05) is 5.32 Å². The van der Waals surface area contributed by atoms with Crippen LogP contribution in [0.2, 0.25) is 0 Å².